The SMILES string of the molecule is C1=C[C@H](CCCCCCCCCOCc2ccccc2)O[C@@H](CCCCCCCCCOCc2ccccc2)C1. The van der Waals surface area contributed by atoms with E-state index in [1.54, 1.807) is 0 Å². The monoisotopic (exact) mass is 548 g/mol. The summed E-state index contributed by atoms with van der Waals surface area (Å²) in [6.07, 6.45) is 27.3. The first-order chi connectivity index (χ1) is 19.9. The minimum Gasteiger partial charge on any atom is -0.377 e. The lowest BCUT2D eigenvalue weighted by molar-refractivity contribution is -0.00434. The van der Waals surface area contributed by atoms with Crippen LogP contribution >= 0.6 is 0 Å². The summed E-state index contributed by atoms with van der Waals surface area (Å²) >= 11 is 0. The summed E-state index contributed by atoms with van der Waals surface area (Å²) in [5.41, 5.74) is 2.54. The molecule has 0 aromatic heterocycles. The van der Waals surface area contributed by atoms with Crippen LogP contribution in [0.2, 0.25) is 0 Å². The highest BCUT2D eigenvalue weighted by molar-refractivity contribution is 5.14. The van der Waals surface area contributed by atoms with Gasteiger partial charge in [0, 0.05) is 13.2 Å². The summed E-state index contributed by atoms with van der Waals surface area (Å²) in [4.78, 5) is 0. The van der Waals surface area contributed by atoms with Gasteiger partial charge in [0.05, 0.1) is 25.4 Å². The van der Waals surface area contributed by atoms with Gasteiger partial charge in [0.2, 0.25) is 0 Å². The van der Waals surface area contributed by atoms with Crippen molar-refractivity contribution in [2.75, 3.05) is 13.2 Å². The number of ether oxygens (including phenoxy) is 3. The highest BCUT2D eigenvalue weighted by atomic mass is 16.5. The summed E-state index contributed by atoms with van der Waals surface area (Å²) in [7, 11) is 0. The van der Waals surface area contributed by atoms with Gasteiger partial charge in [-0.25, -0.2) is 0 Å². The third kappa shape index (κ3) is 16.4. The van der Waals surface area contributed by atoms with Gasteiger partial charge in [-0.1, -0.05) is 150 Å². The number of benzene rings is 2. The number of hydrogen-bond acceptors (Lipinski definition) is 3. The molecule has 0 N–H and O–H groups in total. The van der Waals surface area contributed by atoms with E-state index in [4.69, 9.17) is 14.2 Å². The van der Waals surface area contributed by atoms with Gasteiger partial charge in [-0.2, -0.15) is 0 Å². The van der Waals surface area contributed by atoms with Crippen molar-refractivity contribution in [3.8, 4) is 0 Å². The van der Waals surface area contributed by atoms with E-state index < -0.39 is 0 Å². The average molecular weight is 549 g/mol. The van der Waals surface area contributed by atoms with Gasteiger partial charge in [-0.3, -0.25) is 0 Å². The second kappa shape index (κ2) is 22.7. The van der Waals surface area contributed by atoms with Crippen LogP contribution < -0.4 is 0 Å². The van der Waals surface area contributed by atoms with Crippen LogP contribution in [-0.2, 0) is 27.4 Å². The van der Waals surface area contributed by atoms with E-state index in [9.17, 15) is 0 Å². The van der Waals surface area contributed by atoms with Gasteiger partial charge in [-0.05, 0) is 43.2 Å². The molecule has 0 radical (unpaired) electrons. The Bertz CT molecular complexity index is 850. The standard InChI is InChI=1S/C37H56O3/c1(5-9-19-30-38-32-34-22-13-11-14-23-34)3-7-17-26-36-28-21-29-37(40-36)27-18-8-4-2-6-10-20-31-39-33-35-24-15-12-16-25-35/h11-16,21-25,28,36-37H,1-10,17-20,26-27,29-33H2/t36-,37-/m0/s1. The summed E-state index contributed by atoms with van der Waals surface area (Å²) in [6, 6.07) is 20.9. The zero-order valence-corrected chi connectivity index (χ0v) is 25.2. The van der Waals surface area contributed by atoms with Crippen LogP contribution in [0.15, 0.2) is 72.8 Å². The Morgan fingerprint density at radius 3 is 1.50 bits per heavy atom. The molecule has 2 aromatic carbocycles. The molecule has 0 saturated carbocycles. The average Bonchev–Trinajstić information content (AvgIpc) is 3.00. The lowest BCUT2D eigenvalue weighted by Gasteiger charge is -2.26. The largest absolute Gasteiger partial charge is 0.377 e. The van der Waals surface area contributed by atoms with Crippen LogP contribution in [0.3, 0.4) is 0 Å². The van der Waals surface area contributed by atoms with Gasteiger partial charge < -0.3 is 14.2 Å². The van der Waals surface area contributed by atoms with Gasteiger partial charge in [-0.15, -0.1) is 0 Å². The summed E-state index contributed by atoms with van der Waals surface area (Å²) in [5, 5.41) is 0. The van der Waals surface area contributed by atoms with Crippen molar-refractivity contribution in [1.82, 2.24) is 0 Å². The number of rotatable bonds is 24. The quantitative estimate of drug-likeness (QED) is 0.0964. The molecule has 0 spiro atoms. The van der Waals surface area contributed by atoms with E-state index in [2.05, 4.69) is 72.8 Å². The molecule has 3 nitrogen and oxygen atoms in total. The van der Waals surface area contributed by atoms with Crippen LogP contribution in [0, 0.1) is 0 Å². The molecule has 0 fully saturated rings. The van der Waals surface area contributed by atoms with Crippen molar-refractivity contribution in [3.05, 3.63) is 83.9 Å². The smallest absolute Gasteiger partial charge is 0.0759 e. The molecule has 2 atom stereocenters. The molecule has 3 heteroatoms. The van der Waals surface area contributed by atoms with E-state index in [0.717, 1.165) is 32.8 Å². The minimum absolute atomic E-state index is 0.352. The van der Waals surface area contributed by atoms with Crippen LogP contribution in [0.5, 0.6) is 0 Å². The maximum Gasteiger partial charge on any atom is 0.0759 e. The van der Waals surface area contributed by atoms with E-state index in [0.29, 0.717) is 12.2 Å². The fourth-order valence-electron chi connectivity index (χ4n) is 5.50. The van der Waals surface area contributed by atoms with E-state index in [-0.39, 0.29) is 0 Å². The van der Waals surface area contributed by atoms with Gasteiger partial charge in [0.1, 0.15) is 0 Å². The summed E-state index contributed by atoms with van der Waals surface area (Å²) in [6.45, 7) is 3.25. The van der Waals surface area contributed by atoms with E-state index >= 15 is 0 Å². The maximum atomic E-state index is 6.40. The first kappa shape index (κ1) is 32.6. The molecule has 0 saturated heterocycles. The molecule has 1 aliphatic rings. The Morgan fingerprint density at radius 1 is 0.525 bits per heavy atom. The fraction of sp³-hybridized carbons (Fsp3) is 0.622. The maximum absolute atomic E-state index is 6.40. The van der Waals surface area contributed by atoms with Crippen LogP contribution in [-0.4, -0.2) is 25.4 Å². The normalized spacial score (nSPS) is 16.9. The second-order valence-corrected chi connectivity index (χ2v) is 11.6. The van der Waals surface area contributed by atoms with Crippen molar-refractivity contribution in [2.45, 2.75) is 135 Å². The first-order valence-electron chi connectivity index (χ1n) is 16.5. The van der Waals surface area contributed by atoms with Crippen LogP contribution in [0.25, 0.3) is 0 Å². The van der Waals surface area contributed by atoms with Gasteiger partial charge >= 0.3 is 0 Å². The van der Waals surface area contributed by atoms with Crippen LogP contribution in [0.4, 0.5) is 0 Å². The Balaban J connectivity index is 1.04. The Morgan fingerprint density at radius 2 is 0.975 bits per heavy atom. The van der Waals surface area contributed by atoms with Crippen molar-refractivity contribution >= 4 is 0 Å². The molecule has 40 heavy (non-hydrogen) atoms. The topological polar surface area (TPSA) is 27.7 Å². The third-order valence-corrected chi connectivity index (χ3v) is 7.93. The van der Waals surface area contributed by atoms with E-state index in [1.165, 1.54) is 114 Å². The fourth-order valence-corrected chi connectivity index (χ4v) is 5.50. The van der Waals surface area contributed by atoms with Gasteiger partial charge in [0.25, 0.3) is 0 Å². The highest BCUT2D eigenvalue weighted by Crippen LogP contribution is 2.22. The zero-order chi connectivity index (χ0) is 27.8. The predicted octanol–water partition coefficient (Wildman–Crippen LogP) is 10.4. The van der Waals surface area contributed by atoms with Crippen LogP contribution in [0.1, 0.15) is 120 Å². The second-order valence-electron chi connectivity index (χ2n) is 11.6. The highest BCUT2D eigenvalue weighted by Gasteiger charge is 2.17. The summed E-state index contributed by atoms with van der Waals surface area (Å²) in [5.74, 6) is 0. The first-order valence-corrected chi connectivity index (χ1v) is 16.5. The predicted molar refractivity (Wildman–Crippen MR) is 168 cm³/mol. The molecule has 0 aliphatic carbocycles. The molecule has 2 aromatic rings. The Kier molecular flexibility index (Phi) is 18.5. The Hall–Kier alpha value is -1.94. The van der Waals surface area contributed by atoms with Crippen molar-refractivity contribution < 1.29 is 14.2 Å². The van der Waals surface area contributed by atoms with E-state index in [1.807, 2.05) is 0 Å². The lowest BCUT2D eigenvalue weighted by Crippen LogP contribution is -2.24. The molecule has 0 unspecified atom stereocenters. The summed E-state index contributed by atoms with van der Waals surface area (Å²) < 4.78 is 18.0. The Labute approximate surface area is 245 Å². The molecule has 222 valence electrons. The number of unbranched alkanes of at least 4 members (excludes halogenated alkanes) is 12. The van der Waals surface area contributed by atoms with Gasteiger partial charge in [0.15, 0.2) is 0 Å². The molecule has 3 rings (SSSR count). The molecule has 1 aliphatic heterocycles. The molecule has 1 heterocycles. The third-order valence-electron chi connectivity index (χ3n) is 7.93. The van der Waals surface area contributed by atoms with Crippen molar-refractivity contribution in [3.63, 3.8) is 0 Å². The van der Waals surface area contributed by atoms with Crippen molar-refractivity contribution in [2.24, 2.45) is 0 Å². The number of hydrogen-bond donors (Lipinski definition) is 0. The molecule has 0 bridgehead atoms. The molecule has 0 amide bonds. The van der Waals surface area contributed by atoms with Crippen molar-refractivity contribution in [1.29, 1.82) is 0 Å². The lowest BCUT2D eigenvalue weighted by atomic mass is 10.0. The molecular formula is C37H56O3. The molecular weight excluding hydrogens is 492 g/mol. The zero-order valence-electron chi connectivity index (χ0n) is 25.2. The minimum atomic E-state index is 0.352.